The maximum Gasteiger partial charge on any atom is 0.324 e. The molecule has 0 saturated heterocycles. The van der Waals surface area contributed by atoms with E-state index in [1.165, 1.54) is 7.11 Å². The lowest BCUT2D eigenvalue weighted by Crippen LogP contribution is -2.48. The Morgan fingerprint density at radius 1 is 0.839 bits per heavy atom. The first-order valence-electron chi connectivity index (χ1n) is 10.3. The van der Waals surface area contributed by atoms with Crippen molar-refractivity contribution in [3.05, 3.63) is 126 Å². The molecule has 0 saturated carbocycles. The van der Waals surface area contributed by atoms with Crippen LogP contribution in [0, 0.1) is 0 Å². The van der Waals surface area contributed by atoms with Gasteiger partial charge in [0.2, 0.25) is 0 Å². The number of aromatic nitrogens is 1. The molecule has 0 radical (unpaired) electrons. The summed E-state index contributed by atoms with van der Waals surface area (Å²) in [5.74, 6) is -0.321. The zero-order valence-electron chi connectivity index (χ0n) is 17.7. The lowest BCUT2D eigenvalue weighted by Gasteiger charge is -2.40. The minimum absolute atomic E-state index is 0.321. The Morgan fingerprint density at radius 3 is 1.97 bits per heavy atom. The molecule has 0 bridgehead atoms. The third-order valence-electron chi connectivity index (χ3n) is 5.73. The van der Waals surface area contributed by atoms with E-state index in [4.69, 9.17) is 4.74 Å². The Bertz CT molecular complexity index is 1120. The van der Waals surface area contributed by atoms with Crippen molar-refractivity contribution >= 4 is 11.7 Å². The van der Waals surface area contributed by atoms with E-state index < -0.39 is 11.5 Å². The molecule has 0 aliphatic heterocycles. The third kappa shape index (κ3) is 3.73. The van der Waals surface area contributed by atoms with Crippen LogP contribution in [0.1, 0.15) is 22.9 Å². The number of esters is 1. The maximum atomic E-state index is 13.8. The molecule has 2 unspecified atom stereocenters. The summed E-state index contributed by atoms with van der Waals surface area (Å²) in [6, 6.07) is 33.4. The first kappa shape index (κ1) is 20.5. The Balaban J connectivity index is 2.05. The smallest absolute Gasteiger partial charge is 0.324 e. The molecule has 3 aromatic carbocycles. The standard InChI is InChI=1S/C27H26N2O2/c1-29-20-12-19-24(29)27(26(30)31-2,22-15-8-4-9-16-22)25(21-13-6-3-7-14-21)28-23-17-10-5-11-18-23/h3-20,25,28H,1-2H3. The van der Waals surface area contributed by atoms with Crippen molar-refractivity contribution < 1.29 is 9.53 Å². The van der Waals surface area contributed by atoms with Crippen LogP contribution in [-0.2, 0) is 22.0 Å². The molecule has 4 heteroatoms. The van der Waals surface area contributed by atoms with Crippen molar-refractivity contribution in [3.8, 4) is 0 Å². The fourth-order valence-electron chi connectivity index (χ4n) is 4.32. The van der Waals surface area contributed by atoms with Crippen molar-refractivity contribution in [1.29, 1.82) is 0 Å². The van der Waals surface area contributed by atoms with Crippen molar-refractivity contribution in [1.82, 2.24) is 4.57 Å². The van der Waals surface area contributed by atoms with E-state index in [1.54, 1.807) is 0 Å². The number of para-hydroxylation sites is 1. The number of nitrogens with one attached hydrogen (secondary N) is 1. The maximum absolute atomic E-state index is 13.8. The summed E-state index contributed by atoms with van der Waals surface area (Å²) < 4.78 is 7.49. The molecule has 0 aliphatic carbocycles. The highest BCUT2D eigenvalue weighted by Crippen LogP contribution is 2.46. The highest BCUT2D eigenvalue weighted by atomic mass is 16.5. The van der Waals surface area contributed by atoms with E-state index >= 15 is 0 Å². The lowest BCUT2D eigenvalue weighted by molar-refractivity contribution is -0.146. The van der Waals surface area contributed by atoms with E-state index in [0.717, 1.165) is 22.5 Å². The van der Waals surface area contributed by atoms with Gasteiger partial charge in [0.15, 0.2) is 5.41 Å². The number of methoxy groups -OCH3 is 1. The number of carbonyl (C=O) groups is 1. The van der Waals surface area contributed by atoms with Gasteiger partial charge in [-0.3, -0.25) is 4.79 Å². The number of ether oxygens (including phenoxy) is 1. The molecule has 0 spiro atoms. The fourth-order valence-corrected chi connectivity index (χ4v) is 4.32. The van der Waals surface area contributed by atoms with Gasteiger partial charge in [-0.25, -0.2) is 0 Å². The molecule has 0 aliphatic rings. The second-order valence-corrected chi connectivity index (χ2v) is 7.52. The van der Waals surface area contributed by atoms with Crippen molar-refractivity contribution in [2.45, 2.75) is 11.5 Å². The van der Waals surface area contributed by atoms with Crippen LogP contribution in [-0.4, -0.2) is 17.6 Å². The third-order valence-corrected chi connectivity index (χ3v) is 5.73. The van der Waals surface area contributed by atoms with Gasteiger partial charge in [-0.1, -0.05) is 78.9 Å². The highest BCUT2D eigenvalue weighted by molar-refractivity contribution is 5.89. The average Bonchev–Trinajstić information content (AvgIpc) is 3.26. The highest BCUT2D eigenvalue weighted by Gasteiger charge is 2.52. The minimum atomic E-state index is -1.12. The van der Waals surface area contributed by atoms with E-state index in [0.29, 0.717) is 0 Å². The summed E-state index contributed by atoms with van der Waals surface area (Å²) in [7, 11) is 3.41. The van der Waals surface area contributed by atoms with Gasteiger partial charge in [0.25, 0.3) is 0 Å². The van der Waals surface area contributed by atoms with Crippen LogP contribution in [0.5, 0.6) is 0 Å². The number of benzene rings is 3. The summed E-state index contributed by atoms with van der Waals surface area (Å²) in [6.45, 7) is 0. The van der Waals surface area contributed by atoms with E-state index in [2.05, 4.69) is 5.32 Å². The largest absolute Gasteiger partial charge is 0.468 e. The Hall–Kier alpha value is -3.79. The van der Waals surface area contributed by atoms with Gasteiger partial charge in [0.1, 0.15) is 0 Å². The summed E-state index contributed by atoms with van der Waals surface area (Å²) >= 11 is 0. The first-order valence-corrected chi connectivity index (χ1v) is 10.3. The molecule has 4 aromatic rings. The van der Waals surface area contributed by atoms with Gasteiger partial charge in [-0.05, 0) is 35.4 Å². The zero-order chi connectivity index (χ0) is 21.7. The van der Waals surface area contributed by atoms with Crippen LogP contribution in [0.3, 0.4) is 0 Å². The van der Waals surface area contributed by atoms with Gasteiger partial charge in [-0.2, -0.15) is 0 Å². The van der Waals surface area contributed by atoms with Crippen LogP contribution in [0.15, 0.2) is 109 Å². The van der Waals surface area contributed by atoms with Crippen LogP contribution < -0.4 is 5.32 Å². The van der Waals surface area contributed by atoms with Gasteiger partial charge >= 0.3 is 5.97 Å². The number of carbonyl (C=O) groups excluding carboxylic acids is 1. The quantitative estimate of drug-likeness (QED) is 0.418. The van der Waals surface area contributed by atoms with E-state index in [9.17, 15) is 4.79 Å². The molecule has 2 atom stereocenters. The summed E-state index contributed by atoms with van der Waals surface area (Å²) in [5.41, 5.74) is 2.51. The molecular formula is C27H26N2O2. The molecule has 0 fully saturated rings. The van der Waals surface area contributed by atoms with E-state index in [-0.39, 0.29) is 5.97 Å². The van der Waals surface area contributed by atoms with Crippen LogP contribution in [0.25, 0.3) is 0 Å². The van der Waals surface area contributed by atoms with Crippen molar-refractivity contribution in [3.63, 3.8) is 0 Å². The predicted octanol–water partition coefficient (Wildman–Crippen LogP) is 5.34. The number of aryl methyl sites for hydroxylation is 1. The lowest BCUT2D eigenvalue weighted by atomic mass is 9.69. The molecule has 1 aromatic heterocycles. The van der Waals surface area contributed by atoms with Crippen LogP contribution >= 0.6 is 0 Å². The van der Waals surface area contributed by atoms with Gasteiger partial charge in [-0.15, -0.1) is 0 Å². The molecule has 1 heterocycles. The predicted molar refractivity (Wildman–Crippen MR) is 124 cm³/mol. The second-order valence-electron chi connectivity index (χ2n) is 7.52. The summed E-state index contributed by atoms with van der Waals surface area (Å²) in [6.07, 6.45) is 1.96. The molecular weight excluding hydrogens is 384 g/mol. The number of hydrogen-bond acceptors (Lipinski definition) is 3. The monoisotopic (exact) mass is 410 g/mol. The SMILES string of the molecule is COC(=O)C(c1ccccc1)(c1cccn1C)C(Nc1ccccc1)c1ccccc1. The van der Waals surface area contributed by atoms with Crippen molar-refractivity contribution in [2.24, 2.45) is 7.05 Å². The molecule has 1 N–H and O–H groups in total. The van der Waals surface area contributed by atoms with E-state index in [1.807, 2.05) is 121 Å². The van der Waals surface area contributed by atoms with Crippen LogP contribution in [0.2, 0.25) is 0 Å². The average molecular weight is 411 g/mol. The normalized spacial score (nSPS) is 13.7. The number of nitrogens with zero attached hydrogens (tertiary/aromatic N) is 1. The van der Waals surface area contributed by atoms with Gasteiger partial charge in [0, 0.05) is 24.6 Å². The summed E-state index contributed by atoms with van der Waals surface area (Å²) in [4.78, 5) is 13.8. The van der Waals surface area contributed by atoms with Gasteiger partial charge < -0.3 is 14.6 Å². The Kier molecular flexibility index (Phi) is 5.89. The number of anilines is 1. The minimum Gasteiger partial charge on any atom is -0.468 e. The number of hydrogen-bond donors (Lipinski definition) is 1. The fraction of sp³-hybridized carbons (Fsp3) is 0.148. The first-order chi connectivity index (χ1) is 15.2. The Labute approximate surface area is 183 Å². The molecule has 31 heavy (non-hydrogen) atoms. The molecule has 4 nitrogen and oxygen atoms in total. The number of rotatable bonds is 7. The summed E-state index contributed by atoms with van der Waals surface area (Å²) in [5, 5.41) is 3.65. The Morgan fingerprint density at radius 2 is 1.42 bits per heavy atom. The molecule has 156 valence electrons. The van der Waals surface area contributed by atoms with Crippen LogP contribution in [0.4, 0.5) is 5.69 Å². The second kappa shape index (κ2) is 8.92. The van der Waals surface area contributed by atoms with Crippen molar-refractivity contribution in [2.75, 3.05) is 12.4 Å². The zero-order valence-corrected chi connectivity index (χ0v) is 17.7. The molecule has 0 amide bonds. The molecule has 4 rings (SSSR count). The van der Waals surface area contributed by atoms with Gasteiger partial charge in [0.05, 0.1) is 13.2 Å². The topological polar surface area (TPSA) is 43.3 Å².